The minimum atomic E-state index is -0.425. The van der Waals surface area contributed by atoms with E-state index in [-0.39, 0.29) is 11.6 Å². The molecule has 1 aromatic carbocycles. The lowest BCUT2D eigenvalue weighted by Gasteiger charge is -2.30. The maximum absolute atomic E-state index is 13.6. The molecule has 0 bridgehead atoms. The van der Waals surface area contributed by atoms with Gasteiger partial charge in [-0.2, -0.15) is 0 Å². The van der Waals surface area contributed by atoms with Crippen LogP contribution in [0.1, 0.15) is 38.2 Å². The molecule has 0 heterocycles. The Morgan fingerprint density at radius 3 is 2.44 bits per heavy atom. The van der Waals surface area contributed by atoms with Crippen molar-refractivity contribution in [3.05, 3.63) is 35.4 Å². The number of hydrogen-bond donors (Lipinski definition) is 1. The molecule has 1 nitrogen and oxygen atoms in total. The minimum Gasteiger partial charge on any atom is -0.314 e. The summed E-state index contributed by atoms with van der Waals surface area (Å²) < 4.78 is 27.2. The van der Waals surface area contributed by atoms with Crippen LogP contribution in [0.4, 0.5) is 8.78 Å². The van der Waals surface area contributed by atoms with Gasteiger partial charge in [-0.15, -0.1) is 0 Å². The van der Waals surface area contributed by atoms with E-state index in [1.165, 1.54) is 37.5 Å². The number of benzene rings is 1. The lowest BCUT2D eigenvalue weighted by Crippen LogP contribution is -2.35. The molecule has 2 rings (SSSR count). The van der Waals surface area contributed by atoms with Gasteiger partial charge in [0.05, 0.1) is 0 Å². The van der Waals surface area contributed by atoms with Crippen molar-refractivity contribution >= 4 is 0 Å². The predicted molar refractivity (Wildman–Crippen MR) is 69.5 cm³/mol. The number of nitrogens with one attached hydrogen (secondary N) is 1. The lowest BCUT2D eigenvalue weighted by atomic mass is 9.80. The first kappa shape index (κ1) is 13.5. The highest BCUT2D eigenvalue weighted by Gasteiger charge is 2.23. The van der Waals surface area contributed by atoms with Crippen molar-refractivity contribution < 1.29 is 8.78 Å². The van der Waals surface area contributed by atoms with Crippen LogP contribution in [0.25, 0.3) is 0 Å². The summed E-state index contributed by atoms with van der Waals surface area (Å²) in [5.41, 5.74) is 0.225. The highest BCUT2D eigenvalue weighted by Crippen LogP contribution is 2.31. The van der Waals surface area contributed by atoms with Gasteiger partial charge in [0, 0.05) is 11.6 Å². The molecule has 1 N–H and O–H groups in total. The number of likely N-dealkylation sites (N-methyl/N-ethyl adjacent to an activating group) is 1. The Kier molecular flexibility index (Phi) is 4.70. The number of halogens is 2. The molecule has 100 valence electrons. The largest absolute Gasteiger partial charge is 0.314 e. The van der Waals surface area contributed by atoms with Gasteiger partial charge in [0.15, 0.2) is 0 Å². The average molecular weight is 253 g/mol. The zero-order valence-electron chi connectivity index (χ0n) is 10.9. The standard InChI is InChI=1S/C15H21F2N/c1-2-18-12(9-11-5-3-6-11)10-13-14(16)7-4-8-15(13)17/h4,7-8,11-12,18H,2-3,5-6,9-10H2,1H3. The van der Waals surface area contributed by atoms with Gasteiger partial charge in [0.2, 0.25) is 0 Å². The average Bonchev–Trinajstić information content (AvgIpc) is 2.28. The molecular formula is C15H21F2N. The van der Waals surface area contributed by atoms with Crippen LogP contribution < -0.4 is 5.32 Å². The second kappa shape index (κ2) is 6.28. The second-order valence-corrected chi connectivity index (χ2v) is 5.19. The van der Waals surface area contributed by atoms with Gasteiger partial charge in [-0.05, 0) is 37.4 Å². The Morgan fingerprint density at radius 1 is 1.28 bits per heavy atom. The summed E-state index contributed by atoms with van der Waals surface area (Å²) in [4.78, 5) is 0. The molecule has 0 aliphatic heterocycles. The Morgan fingerprint density at radius 2 is 1.94 bits per heavy atom. The Bertz CT molecular complexity index is 368. The monoisotopic (exact) mass is 253 g/mol. The quantitative estimate of drug-likeness (QED) is 0.815. The third kappa shape index (κ3) is 3.29. The van der Waals surface area contributed by atoms with E-state index in [0.29, 0.717) is 6.42 Å². The van der Waals surface area contributed by atoms with E-state index in [0.717, 1.165) is 18.9 Å². The molecule has 0 radical (unpaired) electrons. The Balaban J connectivity index is 2.02. The fraction of sp³-hybridized carbons (Fsp3) is 0.600. The van der Waals surface area contributed by atoms with Gasteiger partial charge < -0.3 is 5.32 Å². The second-order valence-electron chi connectivity index (χ2n) is 5.19. The highest BCUT2D eigenvalue weighted by atomic mass is 19.1. The van der Waals surface area contributed by atoms with Crippen molar-refractivity contribution in [1.29, 1.82) is 0 Å². The van der Waals surface area contributed by atoms with Gasteiger partial charge >= 0.3 is 0 Å². The maximum Gasteiger partial charge on any atom is 0.129 e. The van der Waals surface area contributed by atoms with Crippen molar-refractivity contribution in [3.8, 4) is 0 Å². The van der Waals surface area contributed by atoms with Crippen LogP contribution in [0.2, 0.25) is 0 Å². The van der Waals surface area contributed by atoms with Gasteiger partial charge in [-0.1, -0.05) is 32.3 Å². The lowest BCUT2D eigenvalue weighted by molar-refractivity contribution is 0.258. The Hall–Kier alpha value is -0.960. The first-order valence-corrected chi connectivity index (χ1v) is 6.87. The third-order valence-corrected chi connectivity index (χ3v) is 3.85. The summed E-state index contributed by atoms with van der Waals surface area (Å²) in [7, 11) is 0. The van der Waals surface area contributed by atoms with Gasteiger partial charge in [-0.3, -0.25) is 0 Å². The molecule has 1 unspecified atom stereocenters. The molecule has 1 fully saturated rings. The number of rotatable bonds is 6. The molecule has 18 heavy (non-hydrogen) atoms. The van der Waals surface area contributed by atoms with Crippen LogP contribution >= 0.6 is 0 Å². The van der Waals surface area contributed by atoms with Crippen LogP contribution in [0.5, 0.6) is 0 Å². The molecular weight excluding hydrogens is 232 g/mol. The van der Waals surface area contributed by atoms with E-state index >= 15 is 0 Å². The predicted octanol–water partition coefficient (Wildman–Crippen LogP) is 3.68. The summed E-state index contributed by atoms with van der Waals surface area (Å²) in [6, 6.07) is 4.28. The number of hydrogen-bond acceptors (Lipinski definition) is 1. The fourth-order valence-corrected chi connectivity index (χ4v) is 2.63. The van der Waals surface area contributed by atoms with Crippen LogP contribution in [0.3, 0.4) is 0 Å². The molecule has 1 aromatic rings. The SMILES string of the molecule is CCNC(Cc1c(F)cccc1F)CC1CCC1. The topological polar surface area (TPSA) is 12.0 Å². The van der Waals surface area contributed by atoms with E-state index < -0.39 is 11.6 Å². The fourth-order valence-electron chi connectivity index (χ4n) is 2.63. The summed E-state index contributed by atoms with van der Waals surface area (Å²) in [6.45, 7) is 2.87. The van der Waals surface area contributed by atoms with Gasteiger partial charge in [0.25, 0.3) is 0 Å². The van der Waals surface area contributed by atoms with E-state index in [4.69, 9.17) is 0 Å². The van der Waals surface area contributed by atoms with Crippen molar-refractivity contribution in [3.63, 3.8) is 0 Å². The molecule has 1 aliphatic carbocycles. The van der Waals surface area contributed by atoms with Crippen molar-refractivity contribution in [1.82, 2.24) is 5.32 Å². The first-order valence-electron chi connectivity index (χ1n) is 6.87. The van der Waals surface area contributed by atoms with E-state index in [2.05, 4.69) is 5.32 Å². The summed E-state index contributed by atoms with van der Waals surface area (Å²) in [5, 5.41) is 3.35. The maximum atomic E-state index is 13.6. The van der Waals surface area contributed by atoms with Crippen molar-refractivity contribution in [2.45, 2.75) is 45.1 Å². The summed E-state index contributed by atoms with van der Waals surface area (Å²) in [5.74, 6) is -0.109. The Labute approximate surface area is 108 Å². The van der Waals surface area contributed by atoms with Crippen molar-refractivity contribution in [2.24, 2.45) is 5.92 Å². The molecule has 1 aliphatic rings. The molecule has 0 aromatic heterocycles. The van der Waals surface area contributed by atoms with Crippen LogP contribution in [0.15, 0.2) is 18.2 Å². The van der Waals surface area contributed by atoms with E-state index in [1.807, 2.05) is 6.92 Å². The zero-order chi connectivity index (χ0) is 13.0. The highest BCUT2D eigenvalue weighted by molar-refractivity contribution is 5.20. The summed E-state index contributed by atoms with van der Waals surface area (Å²) in [6.07, 6.45) is 5.31. The zero-order valence-corrected chi connectivity index (χ0v) is 10.9. The van der Waals surface area contributed by atoms with Crippen LogP contribution in [0, 0.1) is 17.6 Å². The molecule has 0 saturated heterocycles. The van der Waals surface area contributed by atoms with E-state index in [9.17, 15) is 8.78 Å². The molecule has 0 amide bonds. The first-order chi connectivity index (χ1) is 8.70. The normalized spacial score (nSPS) is 17.5. The van der Waals surface area contributed by atoms with Crippen LogP contribution in [-0.4, -0.2) is 12.6 Å². The summed E-state index contributed by atoms with van der Waals surface area (Å²) >= 11 is 0. The smallest absolute Gasteiger partial charge is 0.129 e. The van der Waals surface area contributed by atoms with Crippen molar-refractivity contribution in [2.75, 3.05) is 6.54 Å². The van der Waals surface area contributed by atoms with Gasteiger partial charge in [-0.25, -0.2) is 8.78 Å². The molecule has 1 saturated carbocycles. The molecule has 0 spiro atoms. The molecule has 3 heteroatoms. The molecule has 1 atom stereocenters. The van der Waals surface area contributed by atoms with Gasteiger partial charge in [0.1, 0.15) is 11.6 Å². The minimum absolute atomic E-state index is 0.187. The van der Waals surface area contributed by atoms with E-state index in [1.54, 1.807) is 0 Å². The third-order valence-electron chi connectivity index (χ3n) is 3.85. The van der Waals surface area contributed by atoms with Crippen LogP contribution in [-0.2, 0) is 6.42 Å².